The van der Waals surface area contributed by atoms with E-state index in [9.17, 15) is 18.4 Å². The third-order valence-electron chi connectivity index (χ3n) is 8.20. The van der Waals surface area contributed by atoms with Crippen molar-refractivity contribution >= 4 is 22.5 Å². The molecule has 0 unspecified atom stereocenters. The summed E-state index contributed by atoms with van der Waals surface area (Å²) in [6.45, 7) is 2.05. The predicted octanol–water partition coefficient (Wildman–Crippen LogP) is 5.67. The van der Waals surface area contributed by atoms with Crippen LogP contribution in [-0.4, -0.2) is 33.6 Å². The molecule has 2 fully saturated rings. The van der Waals surface area contributed by atoms with Gasteiger partial charge >= 0.3 is 5.76 Å². The smallest absolute Gasteiger partial charge is 0.323 e. The molecule has 1 amide bonds. The van der Waals surface area contributed by atoms with E-state index in [-0.39, 0.29) is 30.6 Å². The van der Waals surface area contributed by atoms with Crippen LogP contribution in [0.2, 0.25) is 0 Å². The van der Waals surface area contributed by atoms with Crippen LogP contribution in [0.25, 0.3) is 10.9 Å². The molecule has 4 aromatic rings. The molecule has 2 atom stereocenters. The van der Waals surface area contributed by atoms with Crippen LogP contribution in [0.1, 0.15) is 66.8 Å². The third-order valence-corrected chi connectivity index (χ3v) is 8.20. The van der Waals surface area contributed by atoms with Crippen LogP contribution in [0, 0.1) is 5.92 Å². The number of rotatable bonds is 5. The number of hydrogen-bond donors (Lipinski definition) is 1. The number of halogens is 2. The summed E-state index contributed by atoms with van der Waals surface area (Å²) >= 11 is 0. The largest absolute Gasteiger partial charge is 0.438 e. The molecule has 2 heterocycles. The van der Waals surface area contributed by atoms with Crippen molar-refractivity contribution in [1.82, 2.24) is 14.7 Å². The van der Waals surface area contributed by atoms with Gasteiger partial charge in [0, 0.05) is 36.5 Å². The molecule has 37 heavy (non-hydrogen) atoms. The second-order valence-electron chi connectivity index (χ2n) is 10.5. The molecule has 0 bridgehead atoms. The second-order valence-corrected chi connectivity index (χ2v) is 10.5. The van der Waals surface area contributed by atoms with Gasteiger partial charge in [0.1, 0.15) is 11.2 Å². The minimum Gasteiger partial charge on any atom is -0.323 e. The Morgan fingerprint density at radius 3 is 2.46 bits per heavy atom. The molecule has 2 saturated carbocycles. The number of nitrogens with zero attached hydrogens (tertiary/aromatic N) is 3. The average molecular weight is 507 g/mol. The van der Waals surface area contributed by atoms with Crippen molar-refractivity contribution in [3.63, 3.8) is 0 Å². The Morgan fingerprint density at radius 1 is 1.14 bits per heavy atom. The summed E-state index contributed by atoms with van der Waals surface area (Å²) in [5.74, 6) is -2.90. The van der Waals surface area contributed by atoms with Crippen molar-refractivity contribution in [1.29, 1.82) is 0 Å². The standard InChI is InChI=1S/C28H28F2N4O3/c1-17-16-28(17,25-31-26(36)37-32-25)34-22-9-8-19(18-10-12-27(29,30)13-11-18)14-20(22)15-23(34)24(35)33(2)21-6-4-3-5-7-21/h3-9,14-15,17-18H,10-13,16H2,1-2H3,(H,31,32,36)/t17-,28-/m0/s1. The van der Waals surface area contributed by atoms with Crippen LogP contribution in [0.4, 0.5) is 14.5 Å². The number of fused-ring (bicyclic) bond motifs is 1. The zero-order valence-corrected chi connectivity index (χ0v) is 20.7. The van der Waals surface area contributed by atoms with Crippen LogP contribution in [0.15, 0.2) is 63.9 Å². The first-order chi connectivity index (χ1) is 17.7. The molecule has 2 aliphatic carbocycles. The summed E-state index contributed by atoms with van der Waals surface area (Å²) in [7, 11) is 1.73. The zero-order chi connectivity index (χ0) is 25.9. The minimum absolute atomic E-state index is 0.0548. The molecule has 7 nitrogen and oxygen atoms in total. The Kier molecular flexibility index (Phi) is 5.36. The molecule has 6 rings (SSSR count). The van der Waals surface area contributed by atoms with Gasteiger partial charge in [0.05, 0.1) is 0 Å². The number of benzene rings is 2. The van der Waals surface area contributed by atoms with E-state index in [0.717, 1.165) is 22.2 Å². The number of H-pyrrole nitrogens is 1. The highest BCUT2D eigenvalue weighted by Crippen LogP contribution is 2.56. The van der Waals surface area contributed by atoms with Gasteiger partial charge in [-0.1, -0.05) is 36.3 Å². The van der Waals surface area contributed by atoms with E-state index in [1.807, 2.05) is 66.1 Å². The fourth-order valence-corrected chi connectivity index (χ4v) is 5.96. The van der Waals surface area contributed by atoms with Crippen molar-refractivity contribution in [2.45, 2.75) is 56.4 Å². The maximum atomic E-state index is 13.9. The van der Waals surface area contributed by atoms with Gasteiger partial charge in [-0.15, -0.1) is 0 Å². The molecule has 0 radical (unpaired) electrons. The van der Waals surface area contributed by atoms with E-state index in [4.69, 9.17) is 4.52 Å². The van der Waals surface area contributed by atoms with Crippen molar-refractivity contribution in [3.8, 4) is 0 Å². The van der Waals surface area contributed by atoms with Crippen molar-refractivity contribution in [3.05, 3.63) is 82.2 Å². The Bertz CT molecular complexity index is 1530. The SMILES string of the molecule is C[C@H]1C[C@]1(c1noc(=O)[nH]1)n1c(C(=O)N(C)c2ccccc2)cc2cc(C3CCC(F)(F)CC3)ccc21. The van der Waals surface area contributed by atoms with Gasteiger partial charge in [0.15, 0.2) is 5.82 Å². The number of hydrogen-bond acceptors (Lipinski definition) is 4. The molecular weight excluding hydrogens is 478 g/mol. The van der Waals surface area contributed by atoms with Gasteiger partial charge in [-0.05, 0) is 67.0 Å². The van der Waals surface area contributed by atoms with E-state index in [1.165, 1.54) is 0 Å². The molecule has 0 aliphatic heterocycles. The average Bonchev–Trinajstić information content (AvgIpc) is 3.20. The summed E-state index contributed by atoms with van der Waals surface area (Å²) in [5, 5.41) is 4.86. The van der Waals surface area contributed by atoms with E-state index >= 15 is 0 Å². The molecule has 1 N–H and O–H groups in total. The topological polar surface area (TPSA) is 84.1 Å². The number of aromatic nitrogens is 3. The molecule has 2 aromatic heterocycles. The molecule has 0 spiro atoms. The number of anilines is 1. The second kappa shape index (κ2) is 8.39. The van der Waals surface area contributed by atoms with E-state index in [1.54, 1.807) is 11.9 Å². The highest BCUT2D eigenvalue weighted by molar-refractivity contribution is 6.08. The highest BCUT2D eigenvalue weighted by Gasteiger charge is 2.59. The van der Waals surface area contributed by atoms with Crippen LogP contribution in [-0.2, 0) is 5.54 Å². The van der Waals surface area contributed by atoms with Crippen LogP contribution in [0.3, 0.4) is 0 Å². The molecular formula is C28H28F2N4O3. The number of carbonyl (C=O) groups excluding carboxylic acids is 1. The summed E-state index contributed by atoms with van der Waals surface area (Å²) in [4.78, 5) is 30.1. The first-order valence-electron chi connectivity index (χ1n) is 12.6. The molecule has 9 heteroatoms. The Morgan fingerprint density at radius 2 is 1.84 bits per heavy atom. The molecule has 2 aliphatic rings. The highest BCUT2D eigenvalue weighted by atomic mass is 19.3. The Labute approximate surface area is 212 Å². The fraction of sp³-hybridized carbons (Fsp3) is 0.393. The summed E-state index contributed by atoms with van der Waals surface area (Å²) in [6, 6.07) is 17.2. The van der Waals surface area contributed by atoms with E-state index < -0.39 is 17.2 Å². The lowest BCUT2D eigenvalue weighted by molar-refractivity contribution is -0.0382. The van der Waals surface area contributed by atoms with Crippen molar-refractivity contribution in [2.75, 3.05) is 11.9 Å². The molecule has 2 aromatic carbocycles. The summed E-state index contributed by atoms with van der Waals surface area (Å²) < 4.78 is 34.3. The van der Waals surface area contributed by atoms with Crippen LogP contribution < -0.4 is 10.7 Å². The summed E-state index contributed by atoms with van der Waals surface area (Å²) in [5.41, 5.74) is 2.30. The fourth-order valence-electron chi connectivity index (χ4n) is 5.96. The monoisotopic (exact) mass is 506 g/mol. The number of amides is 1. The number of aromatic amines is 1. The maximum Gasteiger partial charge on any atom is 0.438 e. The van der Waals surface area contributed by atoms with E-state index in [0.29, 0.717) is 30.8 Å². The zero-order valence-electron chi connectivity index (χ0n) is 20.7. The van der Waals surface area contributed by atoms with Crippen LogP contribution in [0.5, 0.6) is 0 Å². The lowest BCUT2D eigenvalue weighted by Crippen LogP contribution is -2.33. The summed E-state index contributed by atoms with van der Waals surface area (Å²) in [6.07, 6.45) is 1.32. The van der Waals surface area contributed by atoms with Gasteiger partial charge in [-0.25, -0.2) is 13.6 Å². The quantitative estimate of drug-likeness (QED) is 0.378. The van der Waals surface area contributed by atoms with Gasteiger partial charge in [-0.2, -0.15) is 0 Å². The lowest BCUT2D eigenvalue weighted by atomic mass is 9.82. The first-order valence-corrected chi connectivity index (χ1v) is 12.6. The molecule has 0 saturated heterocycles. The number of alkyl halides is 2. The maximum absolute atomic E-state index is 13.9. The normalized spacial score (nSPS) is 23.3. The Balaban J connectivity index is 1.49. The van der Waals surface area contributed by atoms with Gasteiger partial charge in [-0.3, -0.25) is 14.3 Å². The predicted molar refractivity (Wildman–Crippen MR) is 135 cm³/mol. The number of nitrogens with one attached hydrogen (secondary N) is 1. The number of para-hydroxylation sites is 1. The minimum atomic E-state index is -2.59. The van der Waals surface area contributed by atoms with Gasteiger partial charge < -0.3 is 9.47 Å². The number of carbonyl (C=O) groups is 1. The van der Waals surface area contributed by atoms with Gasteiger partial charge in [0.25, 0.3) is 5.91 Å². The lowest BCUT2D eigenvalue weighted by Gasteiger charge is -2.28. The molecule has 192 valence electrons. The van der Waals surface area contributed by atoms with E-state index in [2.05, 4.69) is 10.1 Å². The first kappa shape index (κ1) is 23.6. The third kappa shape index (κ3) is 3.88. The van der Waals surface area contributed by atoms with Crippen molar-refractivity contribution < 1.29 is 18.1 Å². The Hall–Kier alpha value is -3.75. The van der Waals surface area contributed by atoms with Crippen LogP contribution >= 0.6 is 0 Å². The van der Waals surface area contributed by atoms with Gasteiger partial charge in [0.2, 0.25) is 5.92 Å². The van der Waals surface area contributed by atoms with Crippen molar-refractivity contribution in [2.24, 2.45) is 5.92 Å².